The maximum atomic E-state index is 10.2. The van der Waals surface area contributed by atoms with Crippen LogP contribution in [0.3, 0.4) is 0 Å². The van der Waals surface area contributed by atoms with Crippen molar-refractivity contribution in [2.45, 2.75) is 0 Å². The number of pyridine rings is 2. The number of hydrogen-bond acceptors (Lipinski definition) is 4. The summed E-state index contributed by atoms with van der Waals surface area (Å²) in [6, 6.07) is 4.04. The molecule has 92 valence electrons. The lowest BCUT2D eigenvalue weighted by Gasteiger charge is -1.87. The molecule has 0 bridgehead atoms. The van der Waals surface area contributed by atoms with Crippen LogP contribution in [0.1, 0.15) is 23.5 Å². The molecule has 0 aliphatic heterocycles. The second-order valence-electron chi connectivity index (χ2n) is 2.96. The smallest absolute Gasteiger partial charge is 0.337 e. The Bertz CT molecular complexity index is 617. The highest BCUT2D eigenvalue weighted by Crippen LogP contribution is 1.93. The summed E-state index contributed by atoms with van der Waals surface area (Å²) in [5, 5.41) is 16.8. The van der Waals surface area contributed by atoms with E-state index in [1.54, 1.807) is 0 Å². The van der Waals surface area contributed by atoms with Gasteiger partial charge in [0.1, 0.15) is 0 Å². The van der Waals surface area contributed by atoms with E-state index in [0.717, 1.165) is 6.20 Å². The number of rotatable bonds is 2. The molecule has 2 heterocycles. The van der Waals surface area contributed by atoms with Crippen LogP contribution in [-0.2, 0) is 0 Å². The SMILES string of the molecule is [2H]c1ccc(C(=O)O)cn1.[2H]c1cncc(C(=O)O)c1. The Morgan fingerprint density at radius 1 is 1.06 bits per heavy atom. The summed E-state index contributed by atoms with van der Waals surface area (Å²) in [6.07, 6.45) is 3.72. The second kappa shape index (κ2) is 6.74. The lowest BCUT2D eigenvalue weighted by atomic mass is 10.3. The maximum absolute atomic E-state index is 10.2. The van der Waals surface area contributed by atoms with Gasteiger partial charge in [-0.15, -0.1) is 0 Å². The third-order valence-electron chi connectivity index (χ3n) is 1.71. The van der Waals surface area contributed by atoms with Crippen LogP contribution in [0.4, 0.5) is 0 Å². The standard InChI is InChI=1S/2C6H5NO2/c2*8-6(9)5-2-1-3-7-4-5/h2*1-4H,(H,8,9)/i3D;1D. The highest BCUT2D eigenvalue weighted by atomic mass is 16.4. The van der Waals surface area contributed by atoms with Crippen LogP contribution in [0.15, 0.2) is 49.0 Å². The maximum Gasteiger partial charge on any atom is 0.337 e. The fourth-order valence-electron chi connectivity index (χ4n) is 0.888. The van der Waals surface area contributed by atoms with Crippen LogP contribution in [-0.4, -0.2) is 32.1 Å². The number of carboxylic acids is 2. The van der Waals surface area contributed by atoms with Gasteiger partial charge in [0.25, 0.3) is 0 Å². The Morgan fingerprint density at radius 2 is 1.67 bits per heavy atom. The van der Waals surface area contributed by atoms with E-state index in [1.807, 2.05) is 0 Å². The van der Waals surface area contributed by atoms with Crippen LogP contribution in [0.25, 0.3) is 0 Å². The molecule has 2 N–H and O–H groups in total. The normalized spacial score (nSPS) is 10.4. The minimum Gasteiger partial charge on any atom is -0.478 e. The molecular formula is C12H10N2O4. The van der Waals surface area contributed by atoms with Crippen LogP contribution in [0.5, 0.6) is 0 Å². The number of carboxylic acid groups (broad SMARTS) is 2. The van der Waals surface area contributed by atoms with E-state index >= 15 is 0 Å². The third kappa shape index (κ3) is 4.40. The van der Waals surface area contributed by atoms with Gasteiger partial charge in [0.05, 0.1) is 13.9 Å². The highest BCUT2D eigenvalue weighted by molar-refractivity contribution is 5.87. The van der Waals surface area contributed by atoms with Crippen LogP contribution >= 0.6 is 0 Å². The Kier molecular flexibility index (Phi) is 3.90. The molecule has 0 unspecified atom stereocenters. The average molecular weight is 248 g/mol. The molecule has 0 aliphatic rings. The quantitative estimate of drug-likeness (QED) is 0.836. The number of aromatic carboxylic acids is 2. The highest BCUT2D eigenvalue weighted by Gasteiger charge is 1.98. The lowest BCUT2D eigenvalue weighted by molar-refractivity contribution is 0.0685. The van der Waals surface area contributed by atoms with E-state index in [2.05, 4.69) is 9.97 Å². The van der Waals surface area contributed by atoms with Crippen molar-refractivity contribution in [2.75, 3.05) is 0 Å². The minimum absolute atomic E-state index is 0.0486. The molecule has 0 saturated heterocycles. The fraction of sp³-hybridized carbons (Fsp3) is 0. The first-order chi connectivity index (χ1) is 9.40. The third-order valence-corrected chi connectivity index (χ3v) is 1.71. The van der Waals surface area contributed by atoms with Gasteiger partial charge in [-0.25, -0.2) is 9.59 Å². The number of nitrogens with zero attached hydrogens (tertiary/aromatic N) is 2. The molecule has 2 aromatic heterocycles. The summed E-state index contributed by atoms with van der Waals surface area (Å²) in [4.78, 5) is 27.5. The van der Waals surface area contributed by atoms with Crippen LogP contribution < -0.4 is 0 Å². The topological polar surface area (TPSA) is 100 Å². The van der Waals surface area contributed by atoms with Gasteiger partial charge in [0, 0.05) is 24.8 Å². The molecule has 0 aliphatic carbocycles. The molecular weight excluding hydrogens is 236 g/mol. The summed E-state index contributed by atoms with van der Waals surface area (Å²) >= 11 is 0. The predicted molar refractivity (Wildman–Crippen MR) is 62.4 cm³/mol. The summed E-state index contributed by atoms with van der Waals surface area (Å²) in [7, 11) is 0. The van der Waals surface area contributed by atoms with Crippen molar-refractivity contribution < 1.29 is 22.5 Å². The summed E-state index contributed by atoms with van der Waals surface area (Å²) in [5.74, 6) is -2.07. The van der Waals surface area contributed by atoms with Crippen molar-refractivity contribution in [1.29, 1.82) is 0 Å². The molecule has 6 heteroatoms. The average Bonchev–Trinajstić information content (AvgIpc) is 2.40. The van der Waals surface area contributed by atoms with Crippen molar-refractivity contribution >= 4 is 11.9 Å². The van der Waals surface area contributed by atoms with Crippen molar-refractivity contribution in [2.24, 2.45) is 0 Å². The number of carbonyl (C=O) groups is 2. The van der Waals surface area contributed by atoms with Gasteiger partial charge < -0.3 is 10.2 Å². The molecule has 0 fully saturated rings. The monoisotopic (exact) mass is 248 g/mol. The van der Waals surface area contributed by atoms with Crippen molar-refractivity contribution in [3.8, 4) is 0 Å². The van der Waals surface area contributed by atoms with E-state index < -0.39 is 11.9 Å². The van der Waals surface area contributed by atoms with Crippen molar-refractivity contribution in [3.63, 3.8) is 0 Å². The molecule has 2 rings (SSSR count). The van der Waals surface area contributed by atoms with Crippen molar-refractivity contribution in [1.82, 2.24) is 9.97 Å². The summed E-state index contributed by atoms with van der Waals surface area (Å²) in [6.45, 7) is 0. The van der Waals surface area contributed by atoms with Gasteiger partial charge in [-0.05, 0) is 24.2 Å². The van der Waals surface area contributed by atoms with E-state index in [-0.39, 0.29) is 23.3 Å². The second-order valence-corrected chi connectivity index (χ2v) is 2.96. The van der Waals surface area contributed by atoms with E-state index in [4.69, 9.17) is 13.0 Å². The zero-order chi connectivity index (χ0) is 15.1. The molecule has 6 nitrogen and oxygen atoms in total. The molecule has 0 radical (unpaired) electrons. The Morgan fingerprint density at radius 3 is 2.11 bits per heavy atom. The molecule has 18 heavy (non-hydrogen) atoms. The molecule has 0 aromatic carbocycles. The Hall–Kier alpha value is -2.76. The number of aromatic nitrogens is 2. The van der Waals surface area contributed by atoms with Gasteiger partial charge in [0.2, 0.25) is 0 Å². The van der Waals surface area contributed by atoms with Gasteiger partial charge in [-0.3, -0.25) is 9.97 Å². The largest absolute Gasteiger partial charge is 0.478 e. The summed E-state index contributed by atoms with van der Waals surface area (Å²) < 4.78 is 13.9. The van der Waals surface area contributed by atoms with Crippen LogP contribution in [0, 0.1) is 0 Å². The first kappa shape index (κ1) is 10.4. The zero-order valence-electron chi connectivity index (χ0n) is 11.1. The van der Waals surface area contributed by atoms with Gasteiger partial charge in [0.15, 0.2) is 0 Å². The Labute approximate surface area is 105 Å². The van der Waals surface area contributed by atoms with Gasteiger partial charge in [-0.1, -0.05) is 0 Å². The molecule has 0 saturated carbocycles. The van der Waals surface area contributed by atoms with Crippen LogP contribution in [0.2, 0.25) is 0 Å². The molecule has 0 amide bonds. The van der Waals surface area contributed by atoms with Crippen molar-refractivity contribution in [3.05, 3.63) is 60.1 Å². The van der Waals surface area contributed by atoms with Gasteiger partial charge in [-0.2, -0.15) is 0 Å². The summed E-state index contributed by atoms with van der Waals surface area (Å²) in [5.41, 5.74) is 0.156. The van der Waals surface area contributed by atoms with E-state index in [9.17, 15) is 9.59 Å². The Balaban J connectivity index is 0.000000200. The zero-order valence-corrected chi connectivity index (χ0v) is 9.07. The molecule has 0 spiro atoms. The fourth-order valence-corrected chi connectivity index (χ4v) is 0.888. The predicted octanol–water partition coefficient (Wildman–Crippen LogP) is 1.56. The molecule has 2 aromatic rings. The lowest BCUT2D eigenvalue weighted by Crippen LogP contribution is -1.94. The number of hydrogen-bond donors (Lipinski definition) is 2. The van der Waals surface area contributed by atoms with Gasteiger partial charge >= 0.3 is 11.9 Å². The molecule has 0 atom stereocenters. The van der Waals surface area contributed by atoms with E-state index in [0.29, 0.717) is 0 Å². The first-order valence-corrected chi connectivity index (χ1v) is 4.71. The minimum atomic E-state index is -1.05. The van der Waals surface area contributed by atoms with E-state index in [1.165, 1.54) is 30.6 Å². The first-order valence-electron chi connectivity index (χ1n) is 5.71.